The second-order valence-corrected chi connectivity index (χ2v) is 4.40. The molecule has 2 rings (SSSR count). The van der Waals surface area contributed by atoms with Crippen molar-refractivity contribution in [2.24, 2.45) is 5.92 Å². The molecule has 1 aliphatic rings. The number of carboxylic acid groups (broad SMARTS) is 1. The quantitative estimate of drug-likeness (QED) is 0.815. The molecule has 2 nitrogen and oxygen atoms in total. The minimum Gasteiger partial charge on any atom is -0.481 e. The lowest BCUT2D eigenvalue weighted by atomic mass is 9.95. The van der Waals surface area contributed by atoms with Crippen LogP contribution in [0.5, 0.6) is 0 Å². The van der Waals surface area contributed by atoms with Crippen LogP contribution in [-0.2, 0) is 10.2 Å². The SMILES string of the molecule is CC1(c2ccccc2Cl)C[C@H]1C(=O)O. The van der Waals surface area contributed by atoms with Gasteiger partial charge in [-0.15, -0.1) is 0 Å². The lowest BCUT2D eigenvalue weighted by molar-refractivity contribution is -0.138. The van der Waals surface area contributed by atoms with Crippen LogP contribution < -0.4 is 0 Å². The average molecular weight is 211 g/mol. The van der Waals surface area contributed by atoms with Crippen LogP contribution in [0.3, 0.4) is 0 Å². The Hall–Kier alpha value is -1.02. The molecule has 1 saturated carbocycles. The van der Waals surface area contributed by atoms with Crippen LogP contribution in [0, 0.1) is 5.92 Å². The monoisotopic (exact) mass is 210 g/mol. The van der Waals surface area contributed by atoms with Gasteiger partial charge >= 0.3 is 5.97 Å². The minimum atomic E-state index is -0.729. The summed E-state index contributed by atoms with van der Waals surface area (Å²) >= 11 is 6.03. The van der Waals surface area contributed by atoms with Crippen molar-refractivity contribution < 1.29 is 9.90 Å². The van der Waals surface area contributed by atoms with E-state index in [0.29, 0.717) is 11.4 Å². The number of benzene rings is 1. The summed E-state index contributed by atoms with van der Waals surface area (Å²) in [6.45, 7) is 1.95. The van der Waals surface area contributed by atoms with Crippen molar-refractivity contribution in [1.29, 1.82) is 0 Å². The molecule has 0 bridgehead atoms. The van der Waals surface area contributed by atoms with Gasteiger partial charge in [-0.3, -0.25) is 4.79 Å². The fraction of sp³-hybridized carbons (Fsp3) is 0.364. The maximum absolute atomic E-state index is 10.8. The van der Waals surface area contributed by atoms with Gasteiger partial charge in [0.25, 0.3) is 0 Å². The van der Waals surface area contributed by atoms with Gasteiger partial charge in [-0.1, -0.05) is 36.7 Å². The highest BCUT2D eigenvalue weighted by atomic mass is 35.5. The topological polar surface area (TPSA) is 37.3 Å². The number of rotatable bonds is 2. The summed E-state index contributed by atoms with van der Waals surface area (Å²) in [5.74, 6) is -1.00. The van der Waals surface area contributed by atoms with Crippen molar-refractivity contribution in [2.45, 2.75) is 18.8 Å². The summed E-state index contributed by atoms with van der Waals surface area (Å²) in [4.78, 5) is 10.8. The Morgan fingerprint density at radius 3 is 2.71 bits per heavy atom. The second kappa shape index (κ2) is 2.99. The molecule has 3 heteroatoms. The predicted octanol–water partition coefficient (Wildman–Crippen LogP) is 2.70. The molecule has 1 unspecified atom stereocenters. The van der Waals surface area contributed by atoms with E-state index in [2.05, 4.69) is 0 Å². The maximum atomic E-state index is 10.8. The molecule has 1 aromatic carbocycles. The summed E-state index contributed by atoms with van der Waals surface area (Å²) in [5, 5.41) is 9.56. The van der Waals surface area contributed by atoms with E-state index in [1.807, 2.05) is 25.1 Å². The van der Waals surface area contributed by atoms with Crippen molar-refractivity contribution in [2.75, 3.05) is 0 Å². The van der Waals surface area contributed by atoms with Crippen LogP contribution in [0.4, 0.5) is 0 Å². The molecule has 0 aromatic heterocycles. The zero-order valence-corrected chi connectivity index (χ0v) is 8.58. The molecule has 2 atom stereocenters. The van der Waals surface area contributed by atoms with Gasteiger partial charge in [0.05, 0.1) is 5.92 Å². The minimum absolute atomic E-state index is 0.260. The van der Waals surface area contributed by atoms with E-state index >= 15 is 0 Å². The first-order chi connectivity index (χ1) is 6.55. The van der Waals surface area contributed by atoms with Crippen LogP contribution in [-0.4, -0.2) is 11.1 Å². The zero-order chi connectivity index (χ0) is 10.3. The summed E-state index contributed by atoms with van der Waals surface area (Å²) in [7, 11) is 0. The maximum Gasteiger partial charge on any atom is 0.307 e. The Morgan fingerprint density at radius 1 is 1.57 bits per heavy atom. The predicted molar refractivity (Wildman–Crippen MR) is 54.5 cm³/mol. The first-order valence-corrected chi connectivity index (χ1v) is 4.91. The largest absolute Gasteiger partial charge is 0.481 e. The summed E-state index contributed by atoms with van der Waals surface area (Å²) in [6.07, 6.45) is 0.687. The lowest BCUT2D eigenvalue weighted by Crippen LogP contribution is -2.11. The third-order valence-corrected chi connectivity index (χ3v) is 3.35. The van der Waals surface area contributed by atoms with E-state index < -0.39 is 5.97 Å². The zero-order valence-electron chi connectivity index (χ0n) is 7.83. The van der Waals surface area contributed by atoms with E-state index in [4.69, 9.17) is 16.7 Å². The number of carboxylic acids is 1. The molecule has 1 fully saturated rings. The van der Waals surface area contributed by atoms with Crippen LogP contribution in [0.25, 0.3) is 0 Å². The number of carbonyl (C=O) groups is 1. The van der Waals surface area contributed by atoms with Gasteiger partial charge in [-0.05, 0) is 18.1 Å². The van der Waals surface area contributed by atoms with Gasteiger partial charge in [-0.25, -0.2) is 0 Å². The molecule has 14 heavy (non-hydrogen) atoms. The van der Waals surface area contributed by atoms with Crippen molar-refractivity contribution in [3.05, 3.63) is 34.9 Å². The average Bonchev–Trinajstić information content (AvgIpc) is 2.80. The number of hydrogen-bond acceptors (Lipinski definition) is 1. The van der Waals surface area contributed by atoms with E-state index in [1.165, 1.54) is 0 Å². The molecule has 74 valence electrons. The second-order valence-electron chi connectivity index (χ2n) is 3.99. The summed E-state index contributed by atoms with van der Waals surface area (Å²) in [6, 6.07) is 7.46. The summed E-state index contributed by atoms with van der Waals surface area (Å²) in [5.41, 5.74) is 0.693. The number of halogens is 1. The molecular weight excluding hydrogens is 200 g/mol. The van der Waals surface area contributed by atoms with E-state index in [1.54, 1.807) is 6.07 Å². The molecule has 0 amide bonds. The fourth-order valence-corrected chi connectivity index (χ4v) is 2.30. The highest BCUT2D eigenvalue weighted by Crippen LogP contribution is 2.55. The van der Waals surface area contributed by atoms with Crippen molar-refractivity contribution in [1.82, 2.24) is 0 Å². The fourth-order valence-electron chi connectivity index (χ4n) is 1.95. The smallest absolute Gasteiger partial charge is 0.307 e. The van der Waals surface area contributed by atoms with Crippen LogP contribution in [0.2, 0.25) is 5.02 Å². The Labute approximate surface area is 87.5 Å². The van der Waals surface area contributed by atoms with Gasteiger partial charge in [-0.2, -0.15) is 0 Å². The Balaban J connectivity index is 2.34. The Kier molecular flexibility index (Phi) is 2.04. The van der Waals surface area contributed by atoms with Gasteiger partial charge < -0.3 is 5.11 Å². The number of aliphatic carboxylic acids is 1. The number of hydrogen-bond donors (Lipinski definition) is 1. The lowest BCUT2D eigenvalue weighted by Gasteiger charge is -2.11. The molecule has 0 spiro atoms. The van der Waals surface area contributed by atoms with Gasteiger partial charge in [0.1, 0.15) is 0 Å². The normalized spacial score (nSPS) is 30.0. The third-order valence-electron chi connectivity index (χ3n) is 3.02. The van der Waals surface area contributed by atoms with Gasteiger partial charge in [0.15, 0.2) is 0 Å². The van der Waals surface area contributed by atoms with Gasteiger partial charge in [0, 0.05) is 10.4 Å². The van der Waals surface area contributed by atoms with Crippen molar-refractivity contribution in [3.8, 4) is 0 Å². The Bertz CT molecular complexity index is 389. The molecule has 1 N–H and O–H groups in total. The molecule has 0 aliphatic heterocycles. The molecule has 0 saturated heterocycles. The highest BCUT2D eigenvalue weighted by Gasteiger charge is 2.56. The van der Waals surface area contributed by atoms with E-state index in [0.717, 1.165) is 5.56 Å². The van der Waals surface area contributed by atoms with E-state index in [9.17, 15) is 4.79 Å². The first kappa shape index (κ1) is 9.53. The first-order valence-electron chi connectivity index (χ1n) is 4.53. The van der Waals surface area contributed by atoms with Crippen molar-refractivity contribution in [3.63, 3.8) is 0 Å². The molecule has 0 radical (unpaired) electrons. The van der Waals surface area contributed by atoms with Gasteiger partial charge in [0.2, 0.25) is 0 Å². The standard InChI is InChI=1S/C11H11ClO2/c1-11(6-8(11)10(13)14)7-4-2-3-5-9(7)12/h2-5,8H,6H2,1H3,(H,13,14)/t8-,11?/m0/s1. The molecule has 1 aliphatic carbocycles. The Morgan fingerprint density at radius 2 is 2.21 bits per heavy atom. The van der Waals surface area contributed by atoms with Crippen LogP contribution in [0.1, 0.15) is 18.9 Å². The molecule has 0 heterocycles. The van der Waals surface area contributed by atoms with Crippen LogP contribution >= 0.6 is 11.6 Å². The van der Waals surface area contributed by atoms with E-state index in [-0.39, 0.29) is 11.3 Å². The highest BCUT2D eigenvalue weighted by molar-refractivity contribution is 6.31. The third kappa shape index (κ3) is 1.30. The van der Waals surface area contributed by atoms with Crippen LogP contribution in [0.15, 0.2) is 24.3 Å². The summed E-state index contributed by atoms with van der Waals surface area (Å²) < 4.78 is 0. The molecular formula is C11H11ClO2. The van der Waals surface area contributed by atoms with Crippen molar-refractivity contribution >= 4 is 17.6 Å². The molecule has 1 aromatic rings.